The number of aromatic carboxylic acids is 1. The van der Waals surface area contributed by atoms with E-state index in [1.165, 1.54) is 0 Å². The van der Waals surface area contributed by atoms with E-state index in [0.29, 0.717) is 5.65 Å². The Labute approximate surface area is 134 Å². The predicted octanol–water partition coefficient (Wildman–Crippen LogP) is 2.82. The third kappa shape index (κ3) is 4.00. The second kappa shape index (κ2) is 6.28. The van der Waals surface area contributed by atoms with Crippen molar-refractivity contribution in [1.82, 2.24) is 14.9 Å². The molecule has 2 aromatic heterocycles. The summed E-state index contributed by atoms with van der Waals surface area (Å²) < 4.78 is 6.79. The zero-order valence-electron chi connectivity index (χ0n) is 13.7. The zero-order chi connectivity index (χ0) is 17.2. The van der Waals surface area contributed by atoms with Crippen LogP contribution >= 0.6 is 0 Å². The van der Waals surface area contributed by atoms with E-state index in [2.05, 4.69) is 10.3 Å². The number of carboxylic acids is 1. The molecule has 0 aliphatic rings. The molecule has 0 aliphatic carbocycles. The maximum Gasteiger partial charge on any atom is 0.407 e. The molecule has 7 nitrogen and oxygen atoms in total. The van der Waals surface area contributed by atoms with Crippen molar-refractivity contribution in [3.05, 3.63) is 30.1 Å². The van der Waals surface area contributed by atoms with Crippen molar-refractivity contribution in [3.8, 4) is 0 Å². The van der Waals surface area contributed by atoms with Gasteiger partial charge in [0.15, 0.2) is 0 Å². The summed E-state index contributed by atoms with van der Waals surface area (Å²) in [6, 6.07) is 4.84. The number of hydrogen-bond acceptors (Lipinski definition) is 4. The molecule has 124 valence electrons. The van der Waals surface area contributed by atoms with Crippen molar-refractivity contribution in [2.75, 3.05) is 6.54 Å². The van der Waals surface area contributed by atoms with Gasteiger partial charge in [-0.3, -0.25) is 0 Å². The van der Waals surface area contributed by atoms with Crippen LogP contribution in [0.4, 0.5) is 4.79 Å². The maximum atomic E-state index is 11.7. The lowest BCUT2D eigenvalue weighted by Crippen LogP contribution is -2.35. The van der Waals surface area contributed by atoms with E-state index in [-0.39, 0.29) is 18.3 Å². The van der Waals surface area contributed by atoms with Gasteiger partial charge in [-0.2, -0.15) is 0 Å². The Morgan fingerprint density at radius 3 is 2.74 bits per heavy atom. The first kappa shape index (κ1) is 16.8. The molecule has 2 aromatic rings. The highest BCUT2D eigenvalue weighted by Crippen LogP contribution is 2.22. The fourth-order valence-corrected chi connectivity index (χ4v) is 2.30. The summed E-state index contributed by atoms with van der Waals surface area (Å²) in [5, 5.41) is 12.8. The van der Waals surface area contributed by atoms with Crippen LogP contribution in [0.5, 0.6) is 0 Å². The second-order valence-corrected chi connectivity index (χ2v) is 6.35. The van der Waals surface area contributed by atoms with Crippen LogP contribution in [0.25, 0.3) is 11.0 Å². The van der Waals surface area contributed by atoms with Crippen molar-refractivity contribution >= 4 is 23.1 Å². The van der Waals surface area contributed by atoms with Crippen molar-refractivity contribution in [2.45, 2.75) is 39.3 Å². The maximum absolute atomic E-state index is 11.7. The van der Waals surface area contributed by atoms with Crippen LogP contribution in [-0.2, 0) is 4.74 Å². The number of pyridine rings is 1. The number of rotatable bonds is 4. The summed E-state index contributed by atoms with van der Waals surface area (Å²) in [6.07, 6.45) is 1.07. The molecule has 0 bridgehead atoms. The lowest BCUT2D eigenvalue weighted by molar-refractivity contribution is 0.0521. The summed E-state index contributed by atoms with van der Waals surface area (Å²) >= 11 is 0. The van der Waals surface area contributed by atoms with Crippen LogP contribution in [0.1, 0.15) is 44.2 Å². The lowest BCUT2D eigenvalue weighted by Gasteiger charge is -2.22. The van der Waals surface area contributed by atoms with Gasteiger partial charge < -0.3 is 19.7 Å². The molecular formula is C16H21N3O4. The predicted molar refractivity (Wildman–Crippen MR) is 85.6 cm³/mol. The van der Waals surface area contributed by atoms with Crippen LogP contribution in [-0.4, -0.2) is 38.9 Å². The number of carboxylic acid groups (broad SMARTS) is 1. The molecule has 0 aromatic carbocycles. The van der Waals surface area contributed by atoms with E-state index in [9.17, 15) is 14.7 Å². The molecule has 7 heteroatoms. The van der Waals surface area contributed by atoms with Crippen LogP contribution in [0.2, 0.25) is 0 Å². The van der Waals surface area contributed by atoms with Crippen LogP contribution in [0, 0.1) is 0 Å². The molecule has 1 atom stereocenters. The number of carbonyl (C=O) groups is 2. The molecule has 0 spiro atoms. The Morgan fingerprint density at radius 1 is 1.43 bits per heavy atom. The van der Waals surface area contributed by atoms with E-state index >= 15 is 0 Å². The highest BCUT2D eigenvalue weighted by atomic mass is 16.6. The first-order chi connectivity index (χ1) is 10.7. The standard InChI is InChI=1S/C16H21N3O4/c1-10(9-18-15(22)23-16(2,3)4)19-12(14(20)21)8-11-6-5-7-17-13(11)19/h5-8,10H,9H2,1-4H3,(H,18,22)(H,20,21)/t10-/m1/s1. The monoisotopic (exact) mass is 319 g/mol. The topological polar surface area (TPSA) is 93.5 Å². The number of amides is 1. The average molecular weight is 319 g/mol. The van der Waals surface area contributed by atoms with Gasteiger partial charge in [-0.15, -0.1) is 0 Å². The van der Waals surface area contributed by atoms with E-state index in [0.717, 1.165) is 5.39 Å². The number of hydrogen-bond donors (Lipinski definition) is 2. The van der Waals surface area contributed by atoms with E-state index in [1.54, 1.807) is 49.7 Å². The Bertz CT molecular complexity index is 730. The lowest BCUT2D eigenvalue weighted by atomic mass is 10.2. The molecule has 1 amide bonds. The van der Waals surface area contributed by atoms with Gasteiger partial charge in [0.25, 0.3) is 0 Å². The number of fused-ring (bicyclic) bond motifs is 1. The summed E-state index contributed by atoms with van der Waals surface area (Å²) in [4.78, 5) is 27.4. The number of alkyl carbamates (subject to hydrolysis) is 1. The quantitative estimate of drug-likeness (QED) is 0.904. The van der Waals surface area contributed by atoms with E-state index in [4.69, 9.17) is 4.74 Å². The Balaban J connectivity index is 2.20. The highest BCUT2D eigenvalue weighted by molar-refractivity contribution is 5.93. The zero-order valence-corrected chi connectivity index (χ0v) is 13.7. The van der Waals surface area contributed by atoms with Gasteiger partial charge in [-0.05, 0) is 45.9 Å². The Kier molecular flexibility index (Phi) is 4.58. The minimum absolute atomic E-state index is 0.136. The fourth-order valence-electron chi connectivity index (χ4n) is 2.30. The Hall–Kier alpha value is -2.57. The minimum atomic E-state index is -1.04. The molecule has 0 fully saturated rings. The number of nitrogens with one attached hydrogen (secondary N) is 1. The third-order valence-electron chi connectivity index (χ3n) is 3.20. The van der Waals surface area contributed by atoms with Crippen LogP contribution in [0.3, 0.4) is 0 Å². The SMILES string of the molecule is C[C@H](CNC(=O)OC(C)(C)C)n1c(C(=O)O)cc2cccnc21. The van der Waals surface area contributed by atoms with Gasteiger partial charge in [-0.1, -0.05) is 0 Å². The molecule has 2 rings (SSSR count). The van der Waals surface area contributed by atoms with Gasteiger partial charge in [-0.25, -0.2) is 14.6 Å². The first-order valence-corrected chi connectivity index (χ1v) is 7.35. The van der Waals surface area contributed by atoms with Gasteiger partial charge in [0, 0.05) is 18.1 Å². The van der Waals surface area contributed by atoms with Crippen molar-refractivity contribution in [1.29, 1.82) is 0 Å². The number of nitrogens with zero attached hydrogens (tertiary/aromatic N) is 2. The second-order valence-electron chi connectivity index (χ2n) is 6.35. The molecule has 0 radical (unpaired) electrons. The largest absolute Gasteiger partial charge is 0.477 e. The van der Waals surface area contributed by atoms with Crippen molar-refractivity contribution < 1.29 is 19.4 Å². The number of aromatic nitrogens is 2. The number of carbonyl (C=O) groups excluding carboxylic acids is 1. The molecule has 23 heavy (non-hydrogen) atoms. The van der Waals surface area contributed by atoms with Gasteiger partial charge in [0.2, 0.25) is 0 Å². The average Bonchev–Trinajstić information content (AvgIpc) is 2.82. The molecule has 0 saturated heterocycles. The molecule has 2 heterocycles. The smallest absolute Gasteiger partial charge is 0.407 e. The van der Waals surface area contributed by atoms with Gasteiger partial charge >= 0.3 is 12.1 Å². The Morgan fingerprint density at radius 2 is 2.13 bits per heavy atom. The summed E-state index contributed by atoms with van der Waals surface area (Å²) in [5.41, 5.74) is 0.127. The molecule has 0 saturated carbocycles. The van der Waals surface area contributed by atoms with Gasteiger partial charge in [0.05, 0.1) is 6.04 Å². The van der Waals surface area contributed by atoms with E-state index < -0.39 is 17.7 Å². The van der Waals surface area contributed by atoms with E-state index in [1.807, 2.05) is 6.92 Å². The van der Waals surface area contributed by atoms with Crippen molar-refractivity contribution in [2.24, 2.45) is 0 Å². The molecular weight excluding hydrogens is 298 g/mol. The fraction of sp³-hybridized carbons (Fsp3) is 0.438. The number of ether oxygens (including phenoxy) is 1. The van der Waals surface area contributed by atoms with Crippen LogP contribution < -0.4 is 5.32 Å². The highest BCUT2D eigenvalue weighted by Gasteiger charge is 2.21. The molecule has 2 N–H and O–H groups in total. The minimum Gasteiger partial charge on any atom is -0.477 e. The molecule has 0 unspecified atom stereocenters. The van der Waals surface area contributed by atoms with Gasteiger partial charge in [0.1, 0.15) is 16.9 Å². The normalized spacial score (nSPS) is 12.9. The third-order valence-corrected chi connectivity index (χ3v) is 3.20. The summed E-state index contributed by atoms with van der Waals surface area (Å²) in [6.45, 7) is 7.39. The van der Waals surface area contributed by atoms with Crippen LogP contribution in [0.15, 0.2) is 24.4 Å². The molecule has 0 aliphatic heterocycles. The summed E-state index contributed by atoms with van der Waals surface area (Å²) in [5.74, 6) is -1.04. The van der Waals surface area contributed by atoms with Crippen molar-refractivity contribution in [3.63, 3.8) is 0 Å². The first-order valence-electron chi connectivity index (χ1n) is 7.35. The summed E-state index contributed by atoms with van der Waals surface area (Å²) in [7, 11) is 0.